The maximum Gasteiger partial charge on any atom is 0.244 e. The molecule has 2 N–H and O–H groups in total. The van der Waals surface area contributed by atoms with Crippen molar-refractivity contribution in [3.63, 3.8) is 0 Å². The van der Waals surface area contributed by atoms with Gasteiger partial charge in [-0.1, -0.05) is 41.9 Å². The fourth-order valence-electron chi connectivity index (χ4n) is 2.67. The second kappa shape index (κ2) is 9.28. The molecule has 0 fully saturated rings. The molecule has 2 aromatic rings. The van der Waals surface area contributed by atoms with Gasteiger partial charge >= 0.3 is 0 Å². The van der Waals surface area contributed by atoms with Crippen LogP contribution < -0.4 is 20.1 Å². The molecule has 6 nitrogen and oxygen atoms in total. The van der Waals surface area contributed by atoms with Gasteiger partial charge in [0.1, 0.15) is 19.3 Å². The first-order valence-electron chi connectivity index (χ1n) is 8.92. The lowest BCUT2D eigenvalue weighted by Gasteiger charge is -2.20. The maximum atomic E-state index is 12.3. The van der Waals surface area contributed by atoms with E-state index in [4.69, 9.17) is 21.1 Å². The van der Waals surface area contributed by atoms with Crippen LogP contribution in [0.3, 0.4) is 0 Å². The molecule has 1 aliphatic heterocycles. The zero-order valence-electron chi connectivity index (χ0n) is 15.4. The van der Waals surface area contributed by atoms with E-state index in [-0.39, 0.29) is 18.4 Å². The number of halogens is 1. The van der Waals surface area contributed by atoms with Crippen LogP contribution in [0.1, 0.15) is 18.1 Å². The SMILES string of the molecule is CC(NC(=O)/C=C/c1ccccc1)C(=O)NCc1cc(Cl)c2c(c1)OCCO2. The first-order valence-corrected chi connectivity index (χ1v) is 9.30. The Balaban J connectivity index is 1.51. The zero-order chi connectivity index (χ0) is 19.9. The predicted octanol–water partition coefficient (Wildman–Crippen LogP) is 2.95. The molecule has 0 saturated carbocycles. The number of carbonyl (C=O) groups excluding carboxylic acids is 2. The Morgan fingerprint density at radius 3 is 2.71 bits per heavy atom. The molecule has 3 rings (SSSR count). The summed E-state index contributed by atoms with van der Waals surface area (Å²) in [5, 5.41) is 5.86. The average molecular weight is 401 g/mol. The lowest BCUT2D eigenvalue weighted by atomic mass is 10.2. The third kappa shape index (κ3) is 5.27. The molecule has 0 aliphatic carbocycles. The molecule has 146 valence electrons. The van der Waals surface area contributed by atoms with E-state index in [0.717, 1.165) is 11.1 Å². The number of amides is 2. The smallest absolute Gasteiger partial charge is 0.244 e. The largest absolute Gasteiger partial charge is 0.486 e. The number of rotatable bonds is 6. The summed E-state index contributed by atoms with van der Waals surface area (Å²) in [5.74, 6) is 0.450. The molecule has 1 heterocycles. The lowest BCUT2D eigenvalue weighted by molar-refractivity contribution is -0.126. The fourth-order valence-corrected chi connectivity index (χ4v) is 2.96. The van der Waals surface area contributed by atoms with Gasteiger partial charge in [-0.2, -0.15) is 0 Å². The summed E-state index contributed by atoms with van der Waals surface area (Å²) in [5.41, 5.74) is 1.69. The van der Waals surface area contributed by atoms with Crippen molar-refractivity contribution < 1.29 is 19.1 Å². The average Bonchev–Trinajstić information content (AvgIpc) is 2.71. The van der Waals surface area contributed by atoms with Gasteiger partial charge in [0.15, 0.2) is 11.5 Å². The summed E-state index contributed by atoms with van der Waals surface area (Å²) in [4.78, 5) is 24.2. The number of hydrogen-bond donors (Lipinski definition) is 2. The van der Waals surface area contributed by atoms with Crippen LogP contribution >= 0.6 is 11.6 Å². The zero-order valence-corrected chi connectivity index (χ0v) is 16.2. The van der Waals surface area contributed by atoms with Crippen LogP contribution in [0.25, 0.3) is 6.08 Å². The number of carbonyl (C=O) groups is 2. The summed E-state index contributed by atoms with van der Waals surface area (Å²) < 4.78 is 11.0. The van der Waals surface area contributed by atoms with E-state index < -0.39 is 6.04 Å². The Bertz CT molecular complexity index is 883. The molecule has 0 spiro atoms. The Kier molecular flexibility index (Phi) is 6.55. The van der Waals surface area contributed by atoms with Crippen LogP contribution in [-0.2, 0) is 16.1 Å². The van der Waals surface area contributed by atoms with Gasteiger partial charge in [0.05, 0.1) is 5.02 Å². The normalized spacial score (nSPS) is 13.8. The van der Waals surface area contributed by atoms with Gasteiger partial charge in [0, 0.05) is 12.6 Å². The Hall–Kier alpha value is -2.99. The van der Waals surface area contributed by atoms with E-state index in [2.05, 4.69) is 10.6 Å². The molecule has 2 amide bonds. The molecule has 1 unspecified atom stereocenters. The van der Waals surface area contributed by atoms with E-state index >= 15 is 0 Å². The Morgan fingerprint density at radius 1 is 1.18 bits per heavy atom. The summed E-state index contributed by atoms with van der Waals surface area (Å²) >= 11 is 6.20. The molecule has 0 bridgehead atoms. The third-order valence-electron chi connectivity index (χ3n) is 4.10. The highest BCUT2D eigenvalue weighted by Crippen LogP contribution is 2.38. The van der Waals surface area contributed by atoms with Crippen LogP contribution in [0.5, 0.6) is 11.5 Å². The van der Waals surface area contributed by atoms with Gasteiger partial charge < -0.3 is 20.1 Å². The summed E-state index contributed by atoms with van der Waals surface area (Å²) in [7, 11) is 0. The second-order valence-electron chi connectivity index (χ2n) is 6.29. The quantitative estimate of drug-likeness (QED) is 0.731. The predicted molar refractivity (Wildman–Crippen MR) is 107 cm³/mol. The first-order chi connectivity index (χ1) is 13.5. The van der Waals surface area contributed by atoms with Crippen molar-refractivity contribution in [3.05, 3.63) is 64.7 Å². The standard InChI is InChI=1S/C21H21ClN2O4/c1-14(24-19(25)8-7-15-5-3-2-4-6-15)21(26)23-13-16-11-17(22)20-18(12-16)27-9-10-28-20/h2-8,11-12,14H,9-10,13H2,1H3,(H,23,26)(H,24,25)/b8-7+. The molecule has 7 heteroatoms. The van der Waals surface area contributed by atoms with Crippen molar-refractivity contribution in [2.75, 3.05) is 13.2 Å². The Morgan fingerprint density at radius 2 is 1.93 bits per heavy atom. The molecule has 1 atom stereocenters. The third-order valence-corrected chi connectivity index (χ3v) is 4.38. The Labute approximate surface area is 168 Å². The van der Waals surface area contributed by atoms with Crippen molar-refractivity contribution in [3.8, 4) is 11.5 Å². The molecule has 0 aromatic heterocycles. The van der Waals surface area contributed by atoms with Crippen LogP contribution in [0, 0.1) is 0 Å². The number of hydrogen-bond acceptors (Lipinski definition) is 4. The molecular formula is C21H21ClN2O4. The van der Waals surface area contributed by atoms with E-state index in [1.54, 1.807) is 25.1 Å². The molecule has 0 radical (unpaired) electrons. The van der Waals surface area contributed by atoms with Crippen LogP contribution in [0.15, 0.2) is 48.5 Å². The van der Waals surface area contributed by atoms with Gasteiger partial charge in [-0.05, 0) is 36.3 Å². The molecule has 28 heavy (non-hydrogen) atoms. The highest BCUT2D eigenvalue weighted by atomic mass is 35.5. The van der Waals surface area contributed by atoms with Gasteiger partial charge in [0.25, 0.3) is 0 Å². The molecule has 2 aromatic carbocycles. The number of fused-ring (bicyclic) bond motifs is 1. The van der Waals surface area contributed by atoms with Crippen molar-refractivity contribution in [2.45, 2.75) is 19.5 Å². The van der Waals surface area contributed by atoms with Crippen molar-refractivity contribution in [1.82, 2.24) is 10.6 Å². The molecule has 1 aliphatic rings. The highest BCUT2D eigenvalue weighted by Gasteiger charge is 2.18. The van der Waals surface area contributed by atoms with Gasteiger partial charge in [-0.15, -0.1) is 0 Å². The first kappa shape index (κ1) is 19.8. The van der Waals surface area contributed by atoms with Gasteiger partial charge in [-0.3, -0.25) is 9.59 Å². The summed E-state index contributed by atoms with van der Waals surface area (Å²) in [6.07, 6.45) is 3.09. The molecular weight excluding hydrogens is 380 g/mol. The number of nitrogens with one attached hydrogen (secondary N) is 2. The van der Waals surface area contributed by atoms with E-state index in [1.165, 1.54) is 6.08 Å². The highest BCUT2D eigenvalue weighted by molar-refractivity contribution is 6.32. The molecule has 0 saturated heterocycles. The minimum Gasteiger partial charge on any atom is -0.486 e. The van der Waals surface area contributed by atoms with Gasteiger partial charge in [-0.25, -0.2) is 0 Å². The van der Waals surface area contributed by atoms with E-state index in [9.17, 15) is 9.59 Å². The van der Waals surface area contributed by atoms with Crippen molar-refractivity contribution in [1.29, 1.82) is 0 Å². The minimum atomic E-state index is -0.680. The van der Waals surface area contributed by atoms with Crippen LogP contribution in [0.4, 0.5) is 0 Å². The van der Waals surface area contributed by atoms with Crippen molar-refractivity contribution in [2.24, 2.45) is 0 Å². The second-order valence-corrected chi connectivity index (χ2v) is 6.70. The number of benzene rings is 2. The minimum absolute atomic E-state index is 0.259. The van der Waals surface area contributed by atoms with E-state index in [1.807, 2.05) is 30.3 Å². The van der Waals surface area contributed by atoms with E-state index in [0.29, 0.717) is 29.7 Å². The lowest BCUT2D eigenvalue weighted by Crippen LogP contribution is -2.44. The maximum absolute atomic E-state index is 12.3. The topological polar surface area (TPSA) is 76.7 Å². The van der Waals surface area contributed by atoms with Crippen LogP contribution in [0.2, 0.25) is 5.02 Å². The number of ether oxygens (including phenoxy) is 2. The van der Waals surface area contributed by atoms with Crippen molar-refractivity contribution >= 4 is 29.5 Å². The summed E-state index contributed by atoms with van der Waals surface area (Å²) in [6, 6.07) is 12.3. The van der Waals surface area contributed by atoms with Gasteiger partial charge in [0.2, 0.25) is 11.8 Å². The fraction of sp³-hybridized carbons (Fsp3) is 0.238. The van der Waals surface area contributed by atoms with Crippen LogP contribution in [-0.4, -0.2) is 31.1 Å². The monoisotopic (exact) mass is 400 g/mol. The summed E-state index contributed by atoms with van der Waals surface area (Å²) in [6.45, 7) is 2.80.